The molecule has 1 fully saturated rings. The van der Waals surface area contributed by atoms with Crippen LogP contribution in [0.4, 0.5) is 0 Å². The van der Waals surface area contributed by atoms with Gasteiger partial charge in [-0.05, 0) is 0 Å². The van der Waals surface area contributed by atoms with Crippen molar-refractivity contribution in [1.29, 1.82) is 0 Å². The molecule has 1 aliphatic rings. The van der Waals surface area contributed by atoms with Gasteiger partial charge in [0.05, 0.1) is 52.9 Å². The Labute approximate surface area is 206 Å². The molecule has 10 heteroatoms. The molecule has 0 bridgehead atoms. The molecule has 0 aliphatic carbocycles. The number of hydrogen-bond acceptors (Lipinski definition) is 6. The van der Waals surface area contributed by atoms with E-state index in [-0.39, 0.29) is 51.4 Å². The summed E-state index contributed by atoms with van der Waals surface area (Å²) in [7, 11) is 0. The largest absolute Gasteiger partial charge is 1.00 e. The fraction of sp³-hybridized carbons (Fsp3) is 1.00. The third kappa shape index (κ3) is 25.8. The zero-order valence-electron chi connectivity index (χ0n) is 13.3. The summed E-state index contributed by atoms with van der Waals surface area (Å²) >= 11 is 5.30. The van der Waals surface area contributed by atoms with Crippen molar-refractivity contribution in [3.8, 4) is 0 Å². The minimum Gasteiger partial charge on any atom is 1.00 e. The summed E-state index contributed by atoms with van der Waals surface area (Å²) in [6.07, 6.45) is 0. The van der Waals surface area contributed by atoms with Gasteiger partial charge in [-0.1, -0.05) is 0 Å². The molecule has 0 unspecified atom stereocenters. The van der Waals surface area contributed by atoms with Crippen molar-refractivity contribution in [2.75, 3.05) is 79.0 Å². The van der Waals surface area contributed by atoms with Crippen LogP contribution >= 0.6 is 37.2 Å². The van der Waals surface area contributed by atoms with Gasteiger partial charge in [-0.2, -0.15) is 0 Å². The Morgan fingerprint density at radius 3 is 1.00 bits per heavy atom. The van der Waals surface area contributed by atoms with Crippen LogP contribution < -0.4 is 75.3 Å². The number of nitrogens with one attached hydrogen (secondary N) is 2. The molecule has 0 atom stereocenters. The van der Waals surface area contributed by atoms with Gasteiger partial charge >= 0.3 is 102 Å². The minimum atomic E-state index is 0. The number of hydrogen-bond donors (Lipinski definition) is 2. The van der Waals surface area contributed by atoms with Gasteiger partial charge < -0.3 is 29.6 Å². The second kappa shape index (κ2) is 26.8. The van der Waals surface area contributed by atoms with Crippen LogP contribution in [0.1, 0.15) is 0 Å². The molecule has 0 amide bonds. The smallest absolute Gasteiger partial charge is 1.00 e. The van der Waals surface area contributed by atoms with Gasteiger partial charge in [0.15, 0.2) is 0 Å². The van der Waals surface area contributed by atoms with Crippen molar-refractivity contribution in [3.05, 3.63) is 0 Å². The first-order valence-electron chi connectivity index (χ1n) is 7.01. The van der Waals surface area contributed by atoms with Gasteiger partial charge in [-0.15, -0.1) is 0 Å². The van der Waals surface area contributed by atoms with Gasteiger partial charge in [0.1, 0.15) is 0 Å². The molecule has 0 aromatic rings. The van der Waals surface area contributed by atoms with E-state index < -0.39 is 0 Å². The normalized spacial score (nSPS) is 20.6. The molecule has 1 heterocycles. The maximum absolute atomic E-state index is 5.41. The van der Waals surface area contributed by atoms with Crippen LogP contribution in [-0.2, 0) is 18.9 Å². The average Bonchev–Trinajstić information content (AvgIpc) is 2.48. The molecular formula is C12H26I3KN2O4. The van der Waals surface area contributed by atoms with Crippen LogP contribution in [0.5, 0.6) is 0 Å². The molecule has 1 rings (SSSR count). The van der Waals surface area contributed by atoms with Crippen LogP contribution in [0.15, 0.2) is 0 Å². The molecule has 1 saturated heterocycles. The van der Waals surface area contributed by atoms with Crippen molar-refractivity contribution >= 4 is 37.2 Å². The molecule has 130 valence electrons. The molecule has 0 aromatic carbocycles. The van der Waals surface area contributed by atoms with Crippen LogP contribution in [0.3, 0.4) is 0 Å². The van der Waals surface area contributed by atoms with E-state index in [4.69, 9.17) is 18.9 Å². The van der Waals surface area contributed by atoms with Gasteiger partial charge in [-0.3, -0.25) is 0 Å². The van der Waals surface area contributed by atoms with Crippen LogP contribution in [-0.4, -0.2) is 79.0 Å². The number of ether oxygens (including phenoxy) is 4. The summed E-state index contributed by atoms with van der Waals surface area (Å²) in [6, 6.07) is 0. The third-order valence-corrected chi connectivity index (χ3v) is 2.44. The predicted molar refractivity (Wildman–Crippen MR) is 97.1 cm³/mol. The summed E-state index contributed by atoms with van der Waals surface area (Å²) in [6.45, 7) is 8.86. The summed E-state index contributed by atoms with van der Waals surface area (Å²) in [5.41, 5.74) is 0. The van der Waals surface area contributed by atoms with Crippen LogP contribution in [0.2, 0.25) is 0 Å². The fourth-order valence-corrected chi connectivity index (χ4v) is 1.47. The van der Waals surface area contributed by atoms with Crippen LogP contribution in [0.25, 0.3) is 0 Å². The Bertz CT molecular complexity index is 127. The van der Waals surface area contributed by atoms with E-state index >= 15 is 0 Å². The molecule has 6 nitrogen and oxygen atoms in total. The first-order valence-corrected chi connectivity index (χ1v) is 19.6. The molecule has 0 spiro atoms. The summed E-state index contributed by atoms with van der Waals surface area (Å²) < 4.78 is 21.6. The minimum absolute atomic E-state index is 0. The third-order valence-electron chi connectivity index (χ3n) is 2.44. The standard InChI is InChI=1S/C12H26N2O4.I3.K/c1-5-15-9-10-17-7-3-14-4-8-18-12-11-16-6-2-13-1;1-3-2;/h13-14H,1-12H2;;/q;-1;+1. The summed E-state index contributed by atoms with van der Waals surface area (Å²) in [5, 5.41) is 6.50. The average molecular weight is 682 g/mol. The first-order chi connectivity index (χ1) is 10.4. The SMILES string of the molecule is C1COCCOCCNCCOCCOCCN1.I[I-]I.[K+]. The second-order valence-electron chi connectivity index (χ2n) is 4.00. The van der Waals surface area contributed by atoms with Gasteiger partial charge in [-0.25, -0.2) is 0 Å². The van der Waals surface area contributed by atoms with E-state index in [1.54, 1.807) is 0 Å². The second-order valence-corrected chi connectivity index (χ2v) is 20.2. The predicted octanol–water partition coefficient (Wildman–Crippen LogP) is -4.97. The van der Waals surface area contributed by atoms with E-state index in [1.807, 2.05) is 0 Å². The van der Waals surface area contributed by atoms with E-state index in [9.17, 15) is 0 Å². The molecule has 0 aromatic heterocycles. The monoisotopic (exact) mass is 682 g/mol. The zero-order valence-corrected chi connectivity index (χ0v) is 22.8. The Balaban J connectivity index is 0. The van der Waals surface area contributed by atoms with Crippen molar-refractivity contribution in [1.82, 2.24) is 10.6 Å². The number of rotatable bonds is 0. The van der Waals surface area contributed by atoms with Crippen molar-refractivity contribution in [3.63, 3.8) is 0 Å². The maximum atomic E-state index is 5.41. The van der Waals surface area contributed by atoms with Gasteiger partial charge in [0.2, 0.25) is 0 Å². The van der Waals surface area contributed by atoms with Crippen LogP contribution in [0, 0.1) is 0 Å². The van der Waals surface area contributed by atoms with E-state index in [2.05, 4.69) is 47.9 Å². The Hall–Kier alpha value is 3.59. The first kappa shape index (κ1) is 27.8. The van der Waals surface area contributed by atoms with E-state index in [0.717, 1.165) is 26.2 Å². The Kier molecular flexibility index (Phi) is 33.9. The molecule has 0 saturated carbocycles. The topological polar surface area (TPSA) is 61.0 Å². The Morgan fingerprint density at radius 1 is 0.545 bits per heavy atom. The zero-order chi connectivity index (χ0) is 15.4. The quantitative estimate of drug-likeness (QED) is 0.198. The molecule has 22 heavy (non-hydrogen) atoms. The van der Waals surface area contributed by atoms with Gasteiger partial charge in [0.25, 0.3) is 0 Å². The fourth-order valence-electron chi connectivity index (χ4n) is 1.47. The number of halogens is 3. The summed E-state index contributed by atoms with van der Waals surface area (Å²) in [5.74, 6) is 0. The van der Waals surface area contributed by atoms with Crippen molar-refractivity contribution < 1.29 is 83.6 Å². The van der Waals surface area contributed by atoms with E-state index in [0.29, 0.717) is 66.1 Å². The van der Waals surface area contributed by atoms with E-state index in [1.165, 1.54) is 0 Å². The molecular weight excluding hydrogens is 656 g/mol. The van der Waals surface area contributed by atoms with Crippen molar-refractivity contribution in [2.24, 2.45) is 0 Å². The Morgan fingerprint density at radius 2 is 0.773 bits per heavy atom. The van der Waals surface area contributed by atoms with Gasteiger partial charge in [0, 0.05) is 26.2 Å². The summed E-state index contributed by atoms with van der Waals surface area (Å²) in [4.78, 5) is 0. The molecule has 1 aliphatic heterocycles. The molecule has 0 radical (unpaired) electrons. The maximum Gasteiger partial charge on any atom is 1.00 e. The van der Waals surface area contributed by atoms with Crippen molar-refractivity contribution in [2.45, 2.75) is 0 Å². The molecule has 2 N–H and O–H groups in total.